The molecule has 1 aliphatic heterocycles. The number of phosphoric ester groups is 1. The van der Waals surface area contributed by atoms with Gasteiger partial charge in [0, 0.05) is 24.8 Å². The summed E-state index contributed by atoms with van der Waals surface area (Å²) in [5.41, 5.74) is 12.8. The van der Waals surface area contributed by atoms with Crippen molar-refractivity contribution in [1.82, 2.24) is 4.98 Å². The van der Waals surface area contributed by atoms with E-state index in [1.165, 1.54) is 24.4 Å². The first kappa shape index (κ1) is 31.3. The van der Waals surface area contributed by atoms with E-state index >= 15 is 0 Å². The van der Waals surface area contributed by atoms with Crippen LogP contribution in [0.4, 0.5) is 5.69 Å². The highest BCUT2D eigenvalue weighted by Gasteiger charge is 2.51. The van der Waals surface area contributed by atoms with Gasteiger partial charge in [-0.3, -0.25) is 4.52 Å². The molecule has 2 heterocycles. The van der Waals surface area contributed by atoms with E-state index in [9.17, 15) is 34.2 Å². The van der Waals surface area contributed by atoms with Gasteiger partial charge >= 0.3 is 19.8 Å². The third kappa shape index (κ3) is 7.82. The van der Waals surface area contributed by atoms with Crippen LogP contribution in [0.15, 0.2) is 66.9 Å². The van der Waals surface area contributed by atoms with E-state index in [1.807, 2.05) is 0 Å². The number of nitrogen functional groups attached to an aromatic ring is 1. The average Bonchev–Trinajstić information content (AvgIpc) is 3.50. The molecule has 0 aliphatic carbocycles. The Labute approximate surface area is 240 Å². The number of nitrogens with two attached hydrogens (primary N) is 2. The van der Waals surface area contributed by atoms with Gasteiger partial charge in [-0.1, -0.05) is 36.4 Å². The molecule has 15 heteroatoms. The summed E-state index contributed by atoms with van der Waals surface area (Å²) in [6.45, 7) is -0.516. The maximum Gasteiger partial charge on any atom is 0.470 e. The maximum atomic E-state index is 13.1. The van der Waals surface area contributed by atoms with E-state index in [1.54, 1.807) is 42.5 Å². The van der Waals surface area contributed by atoms with Crippen molar-refractivity contribution in [3.05, 3.63) is 89.2 Å². The van der Waals surface area contributed by atoms with Crippen LogP contribution < -0.4 is 11.5 Å². The number of aliphatic hydroxyl groups is 2. The number of phosphoric acid groups is 1. The molecule has 1 aromatic heterocycles. The number of aromatic amines is 1. The second-order valence-corrected chi connectivity index (χ2v) is 10.8. The first-order valence-electron chi connectivity index (χ1n) is 12.9. The fraction of sp³-hybridized carbons (Fsp3) is 0.333. The number of hydrogen-bond donors (Lipinski definition) is 7. The molecule has 6 atom stereocenters. The molecule has 1 aliphatic rings. The Morgan fingerprint density at radius 1 is 1.00 bits per heavy atom. The summed E-state index contributed by atoms with van der Waals surface area (Å²) in [4.78, 5) is 47.5. The molecular weight excluding hydrogens is 573 g/mol. The molecule has 226 valence electrons. The molecule has 1 fully saturated rings. The van der Waals surface area contributed by atoms with Gasteiger partial charge in [-0.2, -0.15) is 0 Å². The minimum absolute atomic E-state index is 0.00394. The lowest BCUT2D eigenvalue weighted by Gasteiger charge is -2.43. The predicted molar refractivity (Wildman–Crippen MR) is 147 cm³/mol. The molecule has 3 aromatic rings. The van der Waals surface area contributed by atoms with E-state index in [2.05, 4.69) is 4.98 Å². The Kier molecular flexibility index (Phi) is 10.1. The van der Waals surface area contributed by atoms with Crippen LogP contribution >= 0.6 is 7.82 Å². The third-order valence-electron chi connectivity index (χ3n) is 6.66. The number of anilines is 1. The van der Waals surface area contributed by atoms with Crippen molar-refractivity contribution in [3.8, 4) is 0 Å². The monoisotopic (exact) mass is 605 g/mol. The van der Waals surface area contributed by atoms with Crippen molar-refractivity contribution in [2.45, 2.75) is 43.0 Å². The van der Waals surface area contributed by atoms with E-state index in [-0.39, 0.29) is 29.9 Å². The Hall–Kier alpha value is -3.59. The number of ether oxygens (including phenoxy) is 3. The molecule has 42 heavy (non-hydrogen) atoms. The van der Waals surface area contributed by atoms with Crippen LogP contribution in [-0.2, 0) is 29.7 Å². The summed E-state index contributed by atoms with van der Waals surface area (Å²) in [7, 11) is -5.25. The fourth-order valence-electron chi connectivity index (χ4n) is 4.53. The molecule has 2 aromatic carbocycles. The van der Waals surface area contributed by atoms with E-state index in [4.69, 9.17) is 30.2 Å². The molecule has 0 amide bonds. The number of esters is 2. The number of aromatic nitrogens is 1. The van der Waals surface area contributed by atoms with Gasteiger partial charge < -0.3 is 50.7 Å². The van der Waals surface area contributed by atoms with E-state index in [0.717, 1.165) is 0 Å². The number of nitrogens with one attached hydrogen (secondary N) is 1. The molecule has 0 saturated carbocycles. The van der Waals surface area contributed by atoms with Gasteiger partial charge in [-0.25, -0.2) is 14.2 Å². The molecule has 0 radical (unpaired) electrons. The van der Waals surface area contributed by atoms with Gasteiger partial charge in [0.2, 0.25) is 0 Å². The van der Waals surface area contributed by atoms with Gasteiger partial charge in [-0.15, -0.1) is 0 Å². The van der Waals surface area contributed by atoms with Crippen LogP contribution in [0.2, 0.25) is 0 Å². The summed E-state index contributed by atoms with van der Waals surface area (Å²) in [6, 6.07) is 15.7. The smallest absolute Gasteiger partial charge is 0.458 e. The number of para-hydroxylation sites is 1. The molecule has 1 saturated heterocycles. The van der Waals surface area contributed by atoms with Gasteiger partial charge in [0.05, 0.1) is 11.7 Å². The minimum atomic E-state index is -5.25. The van der Waals surface area contributed by atoms with Crippen molar-refractivity contribution in [2.75, 3.05) is 18.9 Å². The summed E-state index contributed by atoms with van der Waals surface area (Å²) < 4.78 is 33.9. The Morgan fingerprint density at radius 3 is 2.33 bits per heavy atom. The van der Waals surface area contributed by atoms with Gasteiger partial charge in [0.15, 0.2) is 6.10 Å². The summed E-state index contributed by atoms with van der Waals surface area (Å²) in [6.07, 6.45) is -7.02. The lowest BCUT2D eigenvalue weighted by Crippen LogP contribution is -2.61. The van der Waals surface area contributed by atoms with Crippen molar-refractivity contribution >= 4 is 25.4 Å². The third-order valence-corrected chi connectivity index (χ3v) is 7.18. The van der Waals surface area contributed by atoms with Gasteiger partial charge in [-0.05, 0) is 35.4 Å². The zero-order valence-electron chi connectivity index (χ0n) is 22.2. The zero-order chi connectivity index (χ0) is 30.4. The van der Waals surface area contributed by atoms with Crippen LogP contribution in [0.25, 0.3) is 0 Å². The van der Waals surface area contributed by atoms with Crippen LogP contribution in [0, 0.1) is 0 Å². The predicted octanol–water partition coefficient (Wildman–Crippen LogP) is 0.820. The van der Waals surface area contributed by atoms with Crippen LogP contribution in [0.5, 0.6) is 0 Å². The Bertz CT molecular complexity index is 1400. The molecule has 0 spiro atoms. The first-order valence-corrected chi connectivity index (χ1v) is 14.4. The van der Waals surface area contributed by atoms with Crippen LogP contribution in [0.3, 0.4) is 0 Å². The Morgan fingerprint density at radius 2 is 1.71 bits per heavy atom. The largest absolute Gasteiger partial charge is 0.470 e. The normalized spacial score (nSPS) is 23.2. The number of carbonyl (C=O) groups excluding carboxylic acids is 2. The number of rotatable bonds is 11. The van der Waals surface area contributed by atoms with Gasteiger partial charge in [0.1, 0.15) is 36.7 Å². The van der Waals surface area contributed by atoms with Crippen LogP contribution in [-0.4, -0.2) is 80.6 Å². The summed E-state index contributed by atoms with van der Waals surface area (Å²) >= 11 is 0. The quantitative estimate of drug-likeness (QED) is 0.0912. The highest BCUT2D eigenvalue weighted by atomic mass is 31.2. The minimum Gasteiger partial charge on any atom is -0.458 e. The molecular formula is C27H32N3O11P. The number of H-pyrrole nitrogens is 1. The van der Waals surface area contributed by atoms with E-state index < -0.39 is 63.0 Å². The molecule has 9 N–H and O–H groups in total. The fourth-order valence-corrected chi connectivity index (χ4v) is 5.09. The highest BCUT2D eigenvalue weighted by Crippen LogP contribution is 2.42. The zero-order valence-corrected chi connectivity index (χ0v) is 23.1. The number of aliphatic hydroxyl groups excluding tert-OH is 2. The number of benzene rings is 2. The first-order chi connectivity index (χ1) is 20.0. The summed E-state index contributed by atoms with van der Waals surface area (Å²) in [5.74, 6) is -1.71. The number of carbonyl (C=O) groups is 2. The van der Waals surface area contributed by atoms with Crippen molar-refractivity contribution in [3.63, 3.8) is 0 Å². The second-order valence-electron chi connectivity index (χ2n) is 9.60. The van der Waals surface area contributed by atoms with Crippen molar-refractivity contribution < 1.29 is 52.9 Å². The SMILES string of the molecule is NCC(O)c1ccc(C[C@@H]2O[C@H](COC(=O)c3ccc[nH]3)[C@@H](O)[C@H](OP(=O)(O)O)[C@H]2OC(=O)c2ccccc2N)cc1. The standard InChI is InChI=1S/C27H32N3O11P/c28-13-20(31)16-9-7-15(8-10-16)12-21-24(40-26(33)17-4-1-2-5-18(17)29)25(41-42(35,36)37)23(32)22(39-21)14-38-27(34)19-6-3-11-30-19/h1-11,20-25,30-32H,12-14,28-29H2,(H2,35,36,37)/t20?,21-,22+,23+,24-,25-/m0/s1. The topological polar surface area (TPSA) is 237 Å². The average molecular weight is 606 g/mol. The van der Waals surface area contributed by atoms with Crippen molar-refractivity contribution in [1.29, 1.82) is 0 Å². The maximum absolute atomic E-state index is 13.1. The van der Waals surface area contributed by atoms with Crippen molar-refractivity contribution in [2.24, 2.45) is 5.73 Å². The van der Waals surface area contributed by atoms with Gasteiger partial charge in [0.25, 0.3) is 0 Å². The van der Waals surface area contributed by atoms with E-state index in [0.29, 0.717) is 11.1 Å². The lowest BCUT2D eigenvalue weighted by atomic mass is 9.91. The lowest BCUT2D eigenvalue weighted by molar-refractivity contribution is -0.224. The number of hydrogen-bond acceptors (Lipinski definition) is 11. The van der Waals surface area contributed by atoms with Crippen LogP contribution in [0.1, 0.15) is 38.1 Å². The Balaban J connectivity index is 1.65. The molecule has 4 rings (SSSR count). The molecule has 1 unspecified atom stereocenters. The second kappa shape index (κ2) is 13.6. The highest BCUT2D eigenvalue weighted by molar-refractivity contribution is 7.46. The molecule has 14 nitrogen and oxygen atoms in total. The summed E-state index contributed by atoms with van der Waals surface area (Å²) in [5, 5.41) is 21.1. The molecule has 0 bridgehead atoms.